The van der Waals surface area contributed by atoms with Crippen molar-refractivity contribution in [3.63, 3.8) is 0 Å². The zero-order valence-electron chi connectivity index (χ0n) is 8.54. The van der Waals surface area contributed by atoms with E-state index in [4.69, 9.17) is 6.42 Å². The number of nitrogens with zero attached hydrogens (tertiary/aromatic N) is 1. The fraction of sp³-hybridized carbons (Fsp3) is 0.750. The standard InChI is InChI=1S/C12H17NO/c1-2-3-7-12(14)13-9-8-10-5-4-6-11(10)13/h1,10-11H,3-9H2. The van der Waals surface area contributed by atoms with Crippen molar-refractivity contribution >= 4 is 5.91 Å². The molecular weight excluding hydrogens is 174 g/mol. The van der Waals surface area contributed by atoms with Gasteiger partial charge in [0.25, 0.3) is 0 Å². The molecule has 0 aromatic carbocycles. The molecule has 76 valence electrons. The quantitative estimate of drug-likeness (QED) is 0.609. The van der Waals surface area contributed by atoms with Gasteiger partial charge in [0, 0.05) is 25.4 Å². The van der Waals surface area contributed by atoms with Crippen LogP contribution >= 0.6 is 0 Å². The van der Waals surface area contributed by atoms with E-state index in [1.54, 1.807) is 0 Å². The Balaban J connectivity index is 1.92. The molecule has 2 unspecified atom stereocenters. The van der Waals surface area contributed by atoms with Gasteiger partial charge in [-0.3, -0.25) is 4.79 Å². The van der Waals surface area contributed by atoms with Gasteiger partial charge in [-0.05, 0) is 25.2 Å². The van der Waals surface area contributed by atoms with E-state index in [0.29, 0.717) is 18.9 Å². The lowest BCUT2D eigenvalue weighted by atomic mass is 10.0. The van der Waals surface area contributed by atoms with Gasteiger partial charge in [-0.25, -0.2) is 0 Å². The van der Waals surface area contributed by atoms with Gasteiger partial charge in [-0.2, -0.15) is 0 Å². The Morgan fingerprint density at radius 3 is 3.07 bits per heavy atom. The molecule has 2 heteroatoms. The maximum atomic E-state index is 11.8. The number of amides is 1. The smallest absolute Gasteiger partial charge is 0.223 e. The molecule has 0 aromatic rings. The molecule has 1 aliphatic heterocycles. The van der Waals surface area contributed by atoms with E-state index in [1.807, 2.05) is 0 Å². The lowest BCUT2D eigenvalue weighted by Crippen LogP contribution is -2.35. The first-order chi connectivity index (χ1) is 6.83. The molecule has 2 fully saturated rings. The highest BCUT2D eigenvalue weighted by Gasteiger charge is 2.39. The van der Waals surface area contributed by atoms with E-state index in [2.05, 4.69) is 10.8 Å². The minimum Gasteiger partial charge on any atom is -0.339 e. The van der Waals surface area contributed by atoms with Crippen LogP contribution in [0, 0.1) is 18.3 Å². The number of fused-ring (bicyclic) bond motifs is 1. The summed E-state index contributed by atoms with van der Waals surface area (Å²) in [5.41, 5.74) is 0. The van der Waals surface area contributed by atoms with Crippen LogP contribution in [0.1, 0.15) is 38.5 Å². The number of rotatable bonds is 2. The highest BCUT2D eigenvalue weighted by Crippen LogP contribution is 2.37. The van der Waals surface area contributed by atoms with Crippen molar-refractivity contribution in [1.29, 1.82) is 0 Å². The van der Waals surface area contributed by atoms with Crippen molar-refractivity contribution in [1.82, 2.24) is 4.90 Å². The third-order valence-corrected chi connectivity index (χ3v) is 3.56. The molecule has 1 heterocycles. The first-order valence-corrected chi connectivity index (χ1v) is 5.56. The molecule has 2 aliphatic rings. The Hall–Kier alpha value is -0.970. The van der Waals surface area contributed by atoms with Crippen molar-refractivity contribution in [2.75, 3.05) is 6.54 Å². The maximum absolute atomic E-state index is 11.8. The van der Waals surface area contributed by atoms with E-state index in [9.17, 15) is 4.79 Å². The topological polar surface area (TPSA) is 20.3 Å². The molecule has 2 nitrogen and oxygen atoms in total. The normalized spacial score (nSPS) is 30.1. The van der Waals surface area contributed by atoms with E-state index < -0.39 is 0 Å². The summed E-state index contributed by atoms with van der Waals surface area (Å²) in [6, 6.07) is 0.556. The molecule has 0 radical (unpaired) electrons. The lowest BCUT2D eigenvalue weighted by molar-refractivity contribution is -0.132. The Labute approximate surface area is 85.7 Å². The van der Waals surface area contributed by atoms with E-state index in [1.165, 1.54) is 25.7 Å². The fourth-order valence-corrected chi connectivity index (χ4v) is 2.87. The van der Waals surface area contributed by atoms with Gasteiger partial charge in [0.2, 0.25) is 5.91 Å². The fourth-order valence-electron chi connectivity index (χ4n) is 2.87. The van der Waals surface area contributed by atoms with E-state index >= 15 is 0 Å². The van der Waals surface area contributed by atoms with Gasteiger partial charge >= 0.3 is 0 Å². The van der Waals surface area contributed by atoms with E-state index in [-0.39, 0.29) is 5.91 Å². The molecule has 1 amide bonds. The maximum Gasteiger partial charge on any atom is 0.223 e. The molecule has 1 saturated carbocycles. The van der Waals surface area contributed by atoms with Gasteiger partial charge in [0.1, 0.15) is 0 Å². The SMILES string of the molecule is C#CCCC(=O)N1CCC2CCCC21. The van der Waals surface area contributed by atoms with Gasteiger partial charge in [0.15, 0.2) is 0 Å². The van der Waals surface area contributed by atoms with Crippen molar-refractivity contribution in [2.45, 2.75) is 44.6 Å². The molecule has 2 atom stereocenters. The monoisotopic (exact) mass is 191 g/mol. The van der Waals surface area contributed by atoms with Crippen molar-refractivity contribution < 1.29 is 4.79 Å². The molecule has 0 spiro atoms. The summed E-state index contributed by atoms with van der Waals surface area (Å²) >= 11 is 0. The highest BCUT2D eigenvalue weighted by molar-refractivity contribution is 5.77. The van der Waals surface area contributed by atoms with Gasteiger partial charge < -0.3 is 4.90 Å². The molecule has 14 heavy (non-hydrogen) atoms. The minimum absolute atomic E-state index is 0.275. The average Bonchev–Trinajstić information content (AvgIpc) is 2.74. The second-order valence-electron chi connectivity index (χ2n) is 4.34. The van der Waals surface area contributed by atoms with Crippen LogP contribution in [0.15, 0.2) is 0 Å². The summed E-state index contributed by atoms with van der Waals surface area (Å²) in [5, 5.41) is 0. The molecule has 1 saturated heterocycles. The van der Waals surface area contributed by atoms with Crippen LogP contribution in [0.4, 0.5) is 0 Å². The number of hydrogen-bond acceptors (Lipinski definition) is 1. The summed E-state index contributed by atoms with van der Waals surface area (Å²) in [6.45, 7) is 0.971. The second kappa shape index (κ2) is 4.04. The van der Waals surface area contributed by atoms with Crippen molar-refractivity contribution in [3.8, 4) is 12.3 Å². The average molecular weight is 191 g/mol. The highest BCUT2D eigenvalue weighted by atomic mass is 16.2. The number of likely N-dealkylation sites (tertiary alicyclic amines) is 1. The Morgan fingerprint density at radius 1 is 1.43 bits per heavy atom. The summed E-state index contributed by atoms with van der Waals surface area (Å²) < 4.78 is 0. The van der Waals surface area contributed by atoms with Crippen LogP contribution in [0.2, 0.25) is 0 Å². The zero-order valence-corrected chi connectivity index (χ0v) is 8.54. The predicted octanol–water partition coefficient (Wildman–Crippen LogP) is 1.80. The summed E-state index contributed by atoms with van der Waals surface area (Å²) in [6.07, 6.45) is 11.3. The number of hydrogen-bond donors (Lipinski definition) is 0. The second-order valence-corrected chi connectivity index (χ2v) is 4.34. The molecule has 0 bridgehead atoms. The van der Waals surface area contributed by atoms with Gasteiger partial charge in [-0.1, -0.05) is 6.42 Å². The zero-order chi connectivity index (χ0) is 9.97. The molecule has 0 N–H and O–H groups in total. The Bertz CT molecular complexity index is 266. The van der Waals surface area contributed by atoms with Crippen LogP contribution in [0.5, 0.6) is 0 Å². The molecule has 2 rings (SSSR count). The Kier molecular flexibility index (Phi) is 2.77. The van der Waals surface area contributed by atoms with Gasteiger partial charge in [0.05, 0.1) is 0 Å². The number of carbonyl (C=O) groups is 1. The lowest BCUT2D eigenvalue weighted by Gasteiger charge is -2.23. The summed E-state index contributed by atoms with van der Waals surface area (Å²) in [5.74, 6) is 3.61. The Morgan fingerprint density at radius 2 is 2.29 bits per heavy atom. The molecular formula is C12H17NO. The number of carbonyl (C=O) groups excluding carboxylic acids is 1. The molecule has 0 aromatic heterocycles. The van der Waals surface area contributed by atoms with Crippen LogP contribution in [0.3, 0.4) is 0 Å². The van der Waals surface area contributed by atoms with Gasteiger partial charge in [-0.15, -0.1) is 12.3 Å². The van der Waals surface area contributed by atoms with Crippen LogP contribution in [-0.2, 0) is 4.79 Å². The molecule has 1 aliphatic carbocycles. The van der Waals surface area contributed by atoms with Crippen LogP contribution in [-0.4, -0.2) is 23.4 Å². The predicted molar refractivity (Wildman–Crippen MR) is 55.5 cm³/mol. The first-order valence-electron chi connectivity index (χ1n) is 5.56. The number of terminal acetylenes is 1. The van der Waals surface area contributed by atoms with Crippen LogP contribution < -0.4 is 0 Å². The van der Waals surface area contributed by atoms with Crippen molar-refractivity contribution in [2.24, 2.45) is 5.92 Å². The van der Waals surface area contributed by atoms with Crippen LogP contribution in [0.25, 0.3) is 0 Å². The van der Waals surface area contributed by atoms with E-state index in [0.717, 1.165) is 12.5 Å². The minimum atomic E-state index is 0.275. The largest absolute Gasteiger partial charge is 0.339 e. The summed E-state index contributed by atoms with van der Waals surface area (Å²) in [7, 11) is 0. The third kappa shape index (κ3) is 1.64. The summed E-state index contributed by atoms with van der Waals surface area (Å²) in [4.78, 5) is 13.9. The third-order valence-electron chi connectivity index (χ3n) is 3.56. The van der Waals surface area contributed by atoms with Crippen molar-refractivity contribution in [3.05, 3.63) is 0 Å². The first kappa shape index (κ1) is 9.58.